The quantitative estimate of drug-likeness (QED) is 0.474. The molecule has 4 N–H and O–H groups in total. The molecule has 0 aliphatic rings. The summed E-state index contributed by atoms with van der Waals surface area (Å²) in [4.78, 5) is 10.3. The standard InChI is InChI=1S/C12H25NO3/c13-9-7-5-3-1-2-4-6-8-11(14)10-12(15)16/h11,14H,1-10,13H2,(H,15,16). The Labute approximate surface area is 97.8 Å². The molecule has 0 aliphatic heterocycles. The maximum absolute atomic E-state index is 10.3. The Bertz CT molecular complexity index is 174. The number of aliphatic carboxylic acids is 1. The number of unbranched alkanes of at least 4 members (excludes halogenated alkanes) is 6. The molecule has 0 fully saturated rings. The number of rotatable bonds is 11. The van der Waals surface area contributed by atoms with Crippen molar-refractivity contribution in [1.82, 2.24) is 0 Å². The molecule has 0 saturated heterocycles. The van der Waals surface area contributed by atoms with Gasteiger partial charge in [0.25, 0.3) is 0 Å². The Morgan fingerprint density at radius 1 is 1.00 bits per heavy atom. The Morgan fingerprint density at radius 3 is 2.00 bits per heavy atom. The lowest BCUT2D eigenvalue weighted by Crippen LogP contribution is -2.12. The number of carboxylic acid groups (broad SMARTS) is 1. The van der Waals surface area contributed by atoms with Gasteiger partial charge in [0.15, 0.2) is 0 Å². The van der Waals surface area contributed by atoms with E-state index in [4.69, 9.17) is 10.8 Å². The van der Waals surface area contributed by atoms with E-state index in [1.54, 1.807) is 0 Å². The molecule has 0 radical (unpaired) electrons. The summed E-state index contributed by atoms with van der Waals surface area (Å²) in [5, 5.41) is 17.7. The molecular formula is C12H25NO3. The van der Waals surface area contributed by atoms with E-state index in [0.717, 1.165) is 25.8 Å². The molecule has 0 aromatic carbocycles. The van der Waals surface area contributed by atoms with E-state index in [-0.39, 0.29) is 6.42 Å². The van der Waals surface area contributed by atoms with Crippen LogP contribution in [-0.4, -0.2) is 28.8 Å². The predicted molar refractivity (Wildman–Crippen MR) is 64.3 cm³/mol. The summed E-state index contributed by atoms with van der Waals surface area (Å²) in [6.45, 7) is 0.779. The van der Waals surface area contributed by atoms with Crippen molar-refractivity contribution in [3.8, 4) is 0 Å². The van der Waals surface area contributed by atoms with Crippen molar-refractivity contribution < 1.29 is 15.0 Å². The van der Waals surface area contributed by atoms with Crippen molar-refractivity contribution in [1.29, 1.82) is 0 Å². The van der Waals surface area contributed by atoms with Crippen LogP contribution in [0.25, 0.3) is 0 Å². The van der Waals surface area contributed by atoms with Crippen molar-refractivity contribution in [2.24, 2.45) is 5.73 Å². The molecule has 0 heterocycles. The van der Waals surface area contributed by atoms with Crippen LogP contribution in [0.15, 0.2) is 0 Å². The average molecular weight is 231 g/mol. The van der Waals surface area contributed by atoms with E-state index in [1.165, 1.54) is 25.7 Å². The Morgan fingerprint density at radius 2 is 1.50 bits per heavy atom. The summed E-state index contributed by atoms with van der Waals surface area (Å²) in [7, 11) is 0. The van der Waals surface area contributed by atoms with Crippen LogP contribution in [0.4, 0.5) is 0 Å². The highest BCUT2D eigenvalue weighted by atomic mass is 16.4. The molecule has 0 rings (SSSR count). The number of hydrogen-bond acceptors (Lipinski definition) is 3. The highest BCUT2D eigenvalue weighted by molar-refractivity contribution is 5.67. The molecule has 1 unspecified atom stereocenters. The van der Waals surface area contributed by atoms with Crippen molar-refractivity contribution >= 4 is 5.97 Å². The molecule has 0 aromatic heterocycles. The number of nitrogens with two attached hydrogens (primary N) is 1. The Balaban J connectivity index is 3.11. The molecule has 1 atom stereocenters. The van der Waals surface area contributed by atoms with Gasteiger partial charge >= 0.3 is 5.97 Å². The van der Waals surface area contributed by atoms with Gasteiger partial charge in [-0.25, -0.2) is 0 Å². The molecular weight excluding hydrogens is 206 g/mol. The third-order valence-electron chi connectivity index (χ3n) is 2.65. The second-order valence-electron chi connectivity index (χ2n) is 4.30. The molecule has 0 spiro atoms. The number of carboxylic acids is 1. The molecule has 16 heavy (non-hydrogen) atoms. The van der Waals surface area contributed by atoms with Gasteiger partial charge in [0.1, 0.15) is 0 Å². The smallest absolute Gasteiger partial charge is 0.305 e. The van der Waals surface area contributed by atoms with Gasteiger partial charge in [-0.15, -0.1) is 0 Å². The fourth-order valence-electron chi connectivity index (χ4n) is 1.71. The summed E-state index contributed by atoms with van der Waals surface area (Å²) in [5.74, 6) is -0.922. The van der Waals surface area contributed by atoms with Crippen LogP contribution in [-0.2, 0) is 4.79 Å². The van der Waals surface area contributed by atoms with Crippen molar-refractivity contribution in [2.75, 3.05) is 6.54 Å². The lowest BCUT2D eigenvalue weighted by atomic mass is 10.0. The maximum atomic E-state index is 10.3. The van der Waals surface area contributed by atoms with Gasteiger partial charge in [-0.2, -0.15) is 0 Å². The van der Waals surface area contributed by atoms with Gasteiger partial charge in [0.05, 0.1) is 12.5 Å². The summed E-state index contributed by atoms with van der Waals surface area (Å²) >= 11 is 0. The van der Waals surface area contributed by atoms with E-state index in [0.29, 0.717) is 6.42 Å². The number of aliphatic hydroxyl groups is 1. The summed E-state index contributed by atoms with van der Waals surface area (Å²) in [6, 6.07) is 0. The number of hydrogen-bond donors (Lipinski definition) is 3. The first-order valence-corrected chi connectivity index (χ1v) is 6.26. The number of aliphatic hydroxyl groups excluding tert-OH is 1. The van der Waals surface area contributed by atoms with Gasteiger partial charge in [0, 0.05) is 0 Å². The zero-order chi connectivity index (χ0) is 12.2. The molecule has 4 heteroatoms. The topological polar surface area (TPSA) is 83.5 Å². The van der Waals surface area contributed by atoms with Crippen LogP contribution in [0.5, 0.6) is 0 Å². The largest absolute Gasteiger partial charge is 0.481 e. The van der Waals surface area contributed by atoms with Gasteiger partial charge in [-0.3, -0.25) is 4.79 Å². The van der Waals surface area contributed by atoms with E-state index in [1.807, 2.05) is 0 Å². The third kappa shape index (κ3) is 11.5. The minimum atomic E-state index is -0.922. The molecule has 4 nitrogen and oxygen atoms in total. The van der Waals surface area contributed by atoms with Crippen LogP contribution in [0, 0.1) is 0 Å². The Kier molecular flexibility index (Phi) is 10.5. The van der Waals surface area contributed by atoms with Gasteiger partial charge in [-0.1, -0.05) is 38.5 Å². The van der Waals surface area contributed by atoms with E-state index in [9.17, 15) is 9.90 Å². The van der Waals surface area contributed by atoms with Gasteiger partial charge < -0.3 is 15.9 Å². The number of carbonyl (C=O) groups is 1. The molecule has 0 saturated carbocycles. The van der Waals surface area contributed by atoms with Gasteiger partial charge in [0.2, 0.25) is 0 Å². The highest BCUT2D eigenvalue weighted by Crippen LogP contribution is 2.10. The summed E-state index contributed by atoms with van der Waals surface area (Å²) < 4.78 is 0. The zero-order valence-electron chi connectivity index (χ0n) is 10.0. The molecule has 0 bridgehead atoms. The van der Waals surface area contributed by atoms with E-state index in [2.05, 4.69) is 0 Å². The van der Waals surface area contributed by atoms with E-state index >= 15 is 0 Å². The minimum absolute atomic E-state index is 0.128. The zero-order valence-corrected chi connectivity index (χ0v) is 10.0. The molecule has 0 aromatic rings. The van der Waals surface area contributed by atoms with Crippen LogP contribution >= 0.6 is 0 Å². The summed E-state index contributed by atoms with van der Waals surface area (Å²) in [5.41, 5.74) is 5.39. The van der Waals surface area contributed by atoms with Gasteiger partial charge in [-0.05, 0) is 19.4 Å². The van der Waals surface area contributed by atoms with Crippen molar-refractivity contribution in [2.45, 2.75) is 63.9 Å². The SMILES string of the molecule is NCCCCCCCCCC(O)CC(=O)O. The lowest BCUT2D eigenvalue weighted by molar-refractivity contribution is -0.139. The third-order valence-corrected chi connectivity index (χ3v) is 2.65. The second-order valence-corrected chi connectivity index (χ2v) is 4.30. The second kappa shape index (κ2) is 10.9. The van der Waals surface area contributed by atoms with Crippen LogP contribution in [0.2, 0.25) is 0 Å². The fourth-order valence-corrected chi connectivity index (χ4v) is 1.71. The normalized spacial score (nSPS) is 12.6. The molecule has 0 amide bonds. The molecule has 0 aliphatic carbocycles. The first kappa shape index (κ1) is 15.4. The highest BCUT2D eigenvalue weighted by Gasteiger charge is 2.08. The maximum Gasteiger partial charge on any atom is 0.305 e. The van der Waals surface area contributed by atoms with Crippen LogP contribution in [0.3, 0.4) is 0 Å². The van der Waals surface area contributed by atoms with Crippen molar-refractivity contribution in [3.05, 3.63) is 0 Å². The lowest BCUT2D eigenvalue weighted by Gasteiger charge is -2.07. The Hall–Kier alpha value is -0.610. The van der Waals surface area contributed by atoms with Crippen LogP contribution < -0.4 is 5.73 Å². The van der Waals surface area contributed by atoms with E-state index < -0.39 is 12.1 Å². The monoisotopic (exact) mass is 231 g/mol. The molecule has 96 valence electrons. The van der Waals surface area contributed by atoms with Crippen LogP contribution in [0.1, 0.15) is 57.8 Å². The first-order chi connectivity index (χ1) is 7.66. The first-order valence-electron chi connectivity index (χ1n) is 6.26. The fraction of sp³-hybridized carbons (Fsp3) is 0.917. The summed E-state index contributed by atoms with van der Waals surface area (Å²) in [6.07, 6.45) is 7.75. The average Bonchev–Trinajstić information content (AvgIpc) is 2.21. The van der Waals surface area contributed by atoms with Crippen molar-refractivity contribution in [3.63, 3.8) is 0 Å². The minimum Gasteiger partial charge on any atom is -0.481 e. The predicted octanol–water partition coefficient (Wildman–Crippen LogP) is 1.90.